The van der Waals surface area contributed by atoms with Crippen LogP contribution in [0.1, 0.15) is 5.56 Å². The molecule has 0 spiro atoms. The lowest BCUT2D eigenvalue weighted by molar-refractivity contribution is -0.274. The maximum atomic E-state index is 12.3. The largest absolute Gasteiger partial charge is 0.573 e. The third kappa shape index (κ3) is 6.97. The molecule has 1 heterocycles. The minimum Gasteiger partial charge on any atom is -0.406 e. The fourth-order valence-electron chi connectivity index (χ4n) is 2.89. The predicted octanol–water partition coefficient (Wildman–Crippen LogP) is 7.59. The van der Waals surface area contributed by atoms with Crippen molar-refractivity contribution in [3.8, 4) is 17.1 Å². The minimum absolute atomic E-state index is 0.0562. The van der Waals surface area contributed by atoms with Crippen molar-refractivity contribution in [3.63, 3.8) is 0 Å². The number of hydrogen-bond donors (Lipinski definition) is 2. The molecule has 4 aromatic rings. The van der Waals surface area contributed by atoms with Crippen LogP contribution in [0.15, 0.2) is 71.8 Å². The van der Waals surface area contributed by atoms with Crippen LogP contribution in [0, 0.1) is 0 Å². The minimum atomic E-state index is -4.77. The summed E-state index contributed by atoms with van der Waals surface area (Å²) in [6.45, 7) is 0. The van der Waals surface area contributed by atoms with E-state index in [2.05, 4.69) is 35.5 Å². The van der Waals surface area contributed by atoms with E-state index in [0.717, 1.165) is 0 Å². The van der Waals surface area contributed by atoms with Gasteiger partial charge in [0.1, 0.15) is 5.75 Å². The molecule has 2 N–H and O–H groups in total. The molecule has 4 rings (SSSR count). The van der Waals surface area contributed by atoms with Crippen LogP contribution in [-0.2, 0) is 0 Å². The number of hydrogen-bond acceptors (Lipinski definition) is 7. The van der Waals surface area contributed by atoms with Gasteiger partial charge in [0.2, 0.25) is 11.9 Å². The Bertz CT molecular complexity index is 1360. The molecule has 0 amide bonds. The molecular weight excluding hydrogens is 540 g/mol. The molecule has 0 aliphatic carbocycles. The van der Waals surface area contributed by atoms with Gasteiger partial charge in [0.15, 0.2) is 5.82 Å². The molecule has 0 bridgehead atoms. The summed E-state index contributed by atoms with van der Waals surface area (Å²) in [5.41, 5.74) is 4.24. The summed E-state index contributed by atoms with van der Waals surface area (Å²) in [5.74, 6) is 0.0676. The SMILES string of the molecule is FC(F)(F)Oc1ccc(/C=N\Nc2nc(Nc3ccc(Cl)cc3)nc(-c3c(Cl)cccc3Cl)n2)cc1. The Morgan fingerprint density at radius 3 is 2.08 bits per heavy atom. The van der Waals surface area contributed by atoms with E-state index in [1.54, 1.807) is 42.5 Å². The number of benzene rings is 3. The maximum Gasteiger partial charge on any atom is 0.573 e. The molecule has 3 aromatic carbocycles. The first-order chi connectivity index (χ1) is 17.2. The summed E-state index contributed by atoms with van der Waals surface area (Å²) in [5, 5.41) is 8.34. The van der Waals surface area contributed by atoms with Crippen molar-refractivity contribution >= 4 is 58.6 Å². The zero-order chi connectivity index (χ0) is 25.7. The highest BCUT2D eigenvalue weighted by molar-refractivity contribution is 6.39. The van der Waals surface area contributed by atoms with E-state index in [-0.39, 0.29) is 23.5 Å². The topological polar surface area (TPSA) is 84.3 Å². The van der Waals surface area contributed by atoms with Crippen LogP contribution in [0.4, 0.5) is 30.8 Å². The number of hydrazone groups is 1. The van der Waals surface area contributed by atoms with Gasteiger partial charge in [0.05, 0.1) is 21.8 Å². The molecule has 0 aliphatic heterocycles. The number of alkyl halides is 3. The number of rotatable bonds is 7. The van der Waals surface area contributed by atoms with Gasteiger partial charge in [-0.15, -0.1) is 13.2 Å². The molecule has 7 nitrogen and oxygen atoms in total. The van der Waals surface area contributed by atoms with Gasteiger partial charge < -0.3 is 10.1 Å². The Kier molecular flexibility index (Phi) is 7.78. The third-order valence-electron chi connectivity index (χ3n) is 4.41. The van der Waals surface area contributed by atoms with Crippen LogP contribution in [0.25, 0.3) is 11.4 Å². The summed E-state index contributed by atoms with van der Waals surface area (Å²) in [6, 6.07) is 17.0. The van der Waals surface area contributed by atoms with Crippen molar-refractivity contribution in [2.24, 2.45) is 5.10 Å². The number of aromatic nitrogens is 3. The van der Waals surface area contributed by atoms with Crippen molar-refractivity contribution in [3.05, 3.63) is 87.4 Å². The average Bonchev–Trinajstić information content (AvgIpc) is 2.81. The van der Waals surface area contributed by atoms with E-state index in [4.69, 9.17) is 34.8 Å². The van der Waals surface area contributed by atoms with E-state index < -0.39 is 6.36 Å². The highest BCUT2D eigenvalue weighted by Gasteiger charge is 2.30. The van der Waals surface area contributed by atoms with Crippen LogP contribution >= 0.6 is 34.8 Å². The zero-order valence-corrected chi connectivity index (χ0v) is 20.2. The molecule has 0 atom stereocenters. The lowest BCUT2D eigenvalue weighted by Gasteiger charge is -2.11. The summed E-state index contributed by atoms with van der Waals surface area (Å²) in [4.78, 5) is 13.1. The monoisotopic (exact) mass is 552 g/mol. The Hall–Kier alpha value is -3.60. The molecule has 0 saturated carbocycles. The summed E-state index contributed by atoms with van der Waals surface area (Å²) in [6.07, 6.45) is -3.40. The van der Waals surface area contributed by atoms with Crippen molar-refractivity contribution in [1.82, 2.24) is 15.0 Å². The van der Waals surface area contributed by atoms with Crippen LogP contribution in [0.2, 0.25) is 15.1 Å². The fraction of sp³-hybridized carbons (Fsp3) is 0.0435. The number of halogens is 6. The van der Waals surface area contributed by atoms with Gasteiger partial charge in [-0.2, -0.15) is 20.1 Å². The molecule has 0 fully saturated rings. The second-order valence-electron chi connectivity index (χ2n) is 7.02. The predicted molar refractivity (Wildman–Crippen MR) is 134 cm³/mol. The summed E-state index contributed by atoms with van der Waals surface area (Å²) >= 11 is 18.6. The average molecular weight is 554 g/mol. The Balaban J connectivity index is 1.60. The molecule has 0 saturated heterocycles. The second kappa shape index (κ2) is 11.0. The van der Waals surface area contributed by atoms with Gasteiger partial charge in [-0.05, 0) is 66.2 Å². The second-order valence-corrected chi connectivity index (χ2v) is 8.27. The summed E-state index contributed by atoms with van der Waals surface area (Å²) < 4.78 is 40.8. The number of nitrogens with zero attached hydrogens (tertiary/aromatic N) is 4. The van der Waals surface area contributed by atoms with E-state index >= 15 is 0 Å². The first-order valence-electron chi connectivity index (χ1n) is 10.0. The first kappa shape index (κ1) is 25.5. The van der Waals surface area contributed by atoms with Crippen molar-refractivity contribution in [2.75, 3.05) is 10.7 Å². The molecule has 36 heavy (non-hydrogen) atoms. The quantitative estimate of drug-likeness (QED) is 0.181. The number of anilines is 3. The molecule has 184 valence electrons. The van der Waals surface area contributed by atoms with E-state index in [1.165, 1.54) is 30.5 Å². The van der Waals surface area contributed by atoms with Crippen molar-refractivity contribution < 1.29 is 17.9 Å². The van der Waals surface area contributed by atoms with Gasteiger partial charge in [-0.1, -0.05) is 40.9 Å². The highest BCUT2D eigenvalue weighted by Crippen LogP contribution is 2.33. The Morgan fingerprint density at radius 1 is 0.806 bits per heavy atom. The van der Waals surface area contributed by atoms with Gasteiger partial charge >= 0.3 is 6.36 Å². The molecule has 0 unspecified atom stereocenters. The molecular formula is C23H14Cl3F3N6O. The van der Waals surface area contributed by atoms with Crippen molar-refractivity contribution in [2.45, 2.75) is 6.36 Å². The van der Waals surface area contributed by atoms with Crippen LogP contribution in [-0.4, -0.2) is 27.5 Å². The zero-order valence-electron chi connectivity index (χ0n) is 17.9. The Labute approximate surface area is 217 Å². The fourth-order valence-corrected chi connectivity index (χ4v) is 3.58. The lowest BCUT2D eigenvalue weighted by Crippen LogP contribution is -2.17. The first-order valence-corrected chi connectivity index (χ1v) is 11.2. The van der Waals surface area contributed by atoms with E-state index in [0.29, 0.717) is 31.9 Å². The van der Waals surface area contributed by atoms with E-state index in [1.807, 2.05) is 0 Å². The van der Waals surface area contributed by atoms with Crippen LogP contribution < -0.4 is 15.5 Å². The lowest BCUT2D eigenvalue weighted by atomic mass is 10.2. The Morgan fingerprint density at radius 2 is 1.44 bits per heavy atom. The van der Waals surface area contributed by atoms with Crippen LogP contribution in [0.5, 0.6) is 5.75 Å². The third-order valence-corrected chi connectivity index (χ3v) is 5.30. The molecule has 1 aromatic heterocycles. The van der Waals surface area contributed by atoms with Crippen LogP contribution in [0.3, 0.4) is 0 Å². The number of ether oxygens (including phenoxy) is 1. The molecule has 0 aliphatic rings. The molecule has 0 radical (unpaired) electrons. The molecule has 13 heteroatoms. The highest BCUT2D eigenvalue weighted by atomic mass is 35.5. The van der Waals surface area contributed by atoms with Gasteiger partial charge in [-0.25, -0.2) is 5.43 Å². The maximum absolute atomic E-state index is 12.3. The van der Waals surface area contributed by atoms with Gasteiger partial charge in [0.25, 0.3) is 0 Å². The summed E-state index contributed by atoms with van der Waals surface area (Å²) in [7, 11) is 0. The van der Waals surface area contributed by atoms with Gasteiger partial charge in [0, 0.05) is 10.7 Å². The standard InChI is InChI=1S/C23H14Cl3F3N6O/c24-14-6-8-15(9-7-14)31-21-32-20(19-17(25)2-1-3-18(19)26)33-22(34-21)35-30-12-13-4-10-16(11-5-13)36-23(27,28)29/h1-12H,(H2,31,32,33,34,35)/b30-12-. The normalized spacial score (nSPS) is 11.5. The van der Waals surface area contributed by atoms with E-state index in [9.17, 15) is 13.2 Å². The van der Waals surface area contributed by atoms with Crippen molar-refractivity contribution in [1.29, 1.82) is 0 Å². The van der Waals surface area contributed by atoms with Gasteiger partial charge in [-0.3, -0.25) is 0 Å². The smallest absolute Gasteiger partial charge is 0.406 e. The number of nitrogens with one attached hydrogen (secondary N) is 2.